The SMILES string of the molecule is CCOc1ccccc1CCC(=O)Nc1cc(C(=O)NC)ccc1Cl. The van der Waals surface area contributed by atoms with Gasteiger partial charge in [0.05, 0.1) is 17.3 Å². The van der Waals surface area contributed by atoms with Crippen LogP contribution in [0.3, 0.4) is 0 Å². The topological polar surface area (TPSA) is 67.4 Å². The maximum absolute atomic E-state index is 12.2. The third-order valence-electron chi connectivity index (χ3n) is 3.62. The van der Waals surface area contributed by atoms with Crippen LogP contribution in [0.15, 0.2) is 42.5 Å². The molecule has 0 aliphatic rings. The van der Waals surface area contributed by atoms with Gasteiger partial charge < -0.3 is 15.4 Å². The van der Waals surface area contributed by atoms with Crippen molar-refractivity contribution in [3.63, 3.8) is 0 Å². The van der Waals surface area contributed by atoms with E-state index in [2.05, 4.69) is 10.6 Å². The van der Waals surface area contributed by atoms with E-state index in [1.165, 1.54) is 0 Å². The minimum Gasteiger partial charge on any atom is -0.494 e. The number of carbonyl (C=O) groups excluding carboxylic acids is 2. The summed E-state index contributed by atoms with van der Waals surface area (Å²) in [7, 11) is 1.55. The van der Waals surface area contributed by atoms with Gasteiger partial charge in [-0.1, -0.05) is 29.8 Å². The molecule has 0 radical (unpaired) electrons. The molecular formula is C19H21ClN2O3. The number of aryl methyl sites for hydroxylation is 1. The van der Waals surface area contributed by atoms with E-state index in [1.54, 1.807) is 25.2 Å². The molecule has 2 aromatic carbocycles. The zero-order valence-corrected chi connectivity index (χ0v) is 15.0. The van der Waals surface area contributed by atoms with E-state index < -0.39 is 0 Å². The third-order valence-corrected chi connectivity index (χ3v) is 3.95. The number of nitrogens with one attached hydrogen (secondary N) is 2. The summed E-state index contributed by atoms with van der Waals surface area (Å²) in [6, 6.07) is 12.4. The van der Waals surface area contributed by atoms with E-state index in [9.17, 15) is 9.59 Å². The molecule has 2 rings (SSSR count). The average Bonchev–Trinajstić information content (AvgIpc) is 2.62. The number of rotatable bonds is 7. The quantitative estimate of drug-likeness (QED) is 0.791. The number of para-hydroxylation sites is 1. The Labute approximate surface area is 152 Å². The van der Waals surface area contributed by atoms with Crippen molar-refractivity contribution in [2.24, 2.45) is 0 Å². The number of hydrogen-bond acceptors (Lipinski definition) is 3. The Morgan fingerprint density at radius 2 is 1.92 bits per heavy atom. The van der Waals surface area contributed by atoms with E-state index >= 15 is 0 Å². The van der Waals surface area contributed by atoms with E-state index in [0.29, 0.717) is 29.3 Å². The molecule has 0 fully saturated rings. The molecule has 0 spiro atoms. The van der Waals surface area contributed by atoms with Gasteiger partial charge >= 0.3 is 0 Å². The highest BCUT2D eigenvalue weighted by Gasteiger charge is 2.11. The number of amides is 2. The van der Waals surface area contributed by atoms with Gasteiger partial charge in [0.2, 0.25) is 5.91 Å². The summed E-state index contributed by atoms with van der Waals surface area (Å²) in [5.74, 6) is 0.373. The Kier molecular flexibility index (Phi) is 6.83. The number of hydrogen-bond donors (Lipinski definition) is 2. The predicted molar refractivity (Wildman–Crippen MR) is 99.4 cm³/mol. The number of ether oxygens (including phenoxy) is 1. The zero-order chi connectivity index (χ0) is 18.2. The summed E-state index contributed by atoms with van der Waals surface area (Å²) >= 11 is 6.11. The van der Waals surface area contributed by atoms with Gasteiger partial charge in [0.25, 0.3) is 5.91 Å². The Bertz CT molecular complexity index is 762. The molecule has 2 amide bonds. The zero-order valence-electron chi connectivity index (χ0n) is 14.3. The molecule has 2 aromatic rings. The van der Waals surface area contributed by atoms with Crippen LogP contribution in [-0.4, -0.2) is 25.5 Å². The van der Waals surface area contributed by atoms with E-state index in [4.69, 9.17) is 16.3 Å². The summed E-state index contributed by atoms with van der Waals surface area (Å²) in [6.07, 6.45) is 0.833. The second-order valence-electron chi connectivity index (χ2n) is 5.36. The minimum atomic E-state index is -0.238. The van der Waals surface area contributed by atoms with Crippen LogP contribution in [0.5, 0.6) is 5.75 Å². The molecule has 6 heteroatoms. The largest absolute Gasteiger partial charge is 0.494 e. The lowest BCUT2D eigenvalue weighted by atomic mass is 10.1. The van der Waals surface area contributed by atoms with E-state index in [-0.39, 0.29) is 18.2 Å². The van der Waals surface area contributed by atoms with Gasteiger partial charge in [-0.15, -0.1) is 0 Å². The maximum atomic E-state index is 12.2. The smallest absolute Gasteiger partial charge is 0.251 e. The average molecular weight is 361 g/mol. The van der Waals surface area contributed by atoms with Gasteiger partial charge in [0, 0.05) is 19.0 Å². The van der Waals surface area contributed by atoms with Crippen LogP contribution in [0.4, 0.5) is 5.69 Å². The molecule has 0 heterocycles. The fraction of sp³-hybridized carbons (Fsp3) is 0.263. The number of carbonyl (C=O) groups is 2. The standard InChI is InChI=1S/C19H21ClN2O3/c1-3-25-17-7-5-4-6-13(17)9-11-18(23)22-16-12-14(19(24)21-2)8-10-15(16)20/h4-8,10,12H,3,9,11H2,1-2H3,(H,21,24)(H,22,23). The molecule has 0 bridgehead atoms. The lowest BCUT2D eigenvalue weighted by Gasteiger charge is -2.11. The van der Waals surface area contributed by atoms with Crippen molar-refractivity contribution in [3.05, 3.63) is 58.6 Å². The fourth-order valence-electron chi connectivity index (χ4n) is 2.37. The van der Waals surface area contributed by atoms with Gasteiger partial charge in [-0.25, -0.2) is 0 Å². The number of benzene rings is 2. The molecule has 0 saturated carbocycles. The summed E-state index contributed by atoms with van der Waals surface area (Å²) in [6.45, 7) is 2.50. The highest BCUT2D eigenvalue weighted by Crippen LogP contribution is 2.24. The first-order chi connectivity index (χ1) is 12.0. The molecular weight excluding hydrogens is 340 g/mol. The van der Waals surface area contributed by atoms with Crippen LogP contribution in [0.25, 0.3) is 0 Å². The molecule has 0 atom stereocenters. The Hall–Kier alpha value is -2.53. The molecule has 5 nitrogen and oxygen atoms in total. The molecule has 25 heavy (non-hydrogen) atoms. The summed E-state index contributed by atoms with van der Waals surface area (Å²) < 4.78 is 5.56. The maximum Gasteiger partial charge on any atom is 0.251 e. The number of halogens is 1. The van der Waals surface area contributed by atoms with E-state index in [1.807, 2.05) is 31.2 Å². The van der Waals surface area contributed by atoms with Crippen molar-refractivity contribution in [2.45, 2.75) is 19.8 Å². The molecule has 2 N–H and O–H groups in total. The van der Waals surface area contributed by atoms with Gasteiger partial charge in [-0.05, 0) is 43.2 Å². The fourth-order valence-corrected chi connectivity index (χ4v) is 2.54. The van der Waals surface area contributed by atoms with Crippen molar-refractivity contribution >= 4 is 29.1 Å². The summed E-state index contributed by atoms with van der Waals surface area (Å²) in [4.78, 5) is 23.9. The first kappa shape index (κ1) is 18.8. The summed E-state index contributed by atoms with van der Waals surface area (Å²) in [5.41, 5.74) is 1.83. The van der Waals surface area contributed by atoms with Crippen molar-refractivity contribution < 1.29 is 14.3 Å². The van der Waals surface area contributed by atoms with Gasteiger partial charge in [0.15, 0.2) is 0 Å². The van der Waals surface area contributed by atoms with Crippen LogP contribution in [0, 0.1) is 0 Å². The van der Waals surface area contributed by atoms with Crippen LogP contribution < -0.4 is 15.4 Å². The highest BCUT2D eigenvalue weighted by molar-refractivity contribution is 6.33. The highest BCUT2D eigenvalue weighted by atomic mass is 35.5. The predicted octanol–water partition coefficient (Wildman–Crippen LogP) is 3.67. The Morgan fingerprint density at radius 3 is 2.64 bits per heavy atom. The Morgan fingerprint density at radius 1 is 1.16 bits per heavy atom. The van der Waals surface area contributed by atoms with Crippen LogP contribution in [-0.2, 0) is 11.2 Å². The lowest BCUT2D eigenvalue weighted by Crippen LogP contribution is -2.18. The molecule has 0 aromatic heterocycles. The molecule has 0 unspecified atom stereocenters. The number of anilines is 1. The molecule has 0 aliphatic heterocycles. The minimum absolute atomic E-state index is 0.178. The van der Waals surface area contributed by atoms with Crippen LogP contribution >= 0.6 is 11.6 Å². The summed E-state index contributed by atoms with van der Waals surface area (Å²) in [5, 5.41) is 5.68. The van der Waals surface area contributed by atoms with Crippen molar-refractivity contribution in [3.8, 4) is 5.75 Å². The van der Waals surface area contributed by atoms with Crippen molar-refractivity contribution in [1.82, 2.24) is 5.32 Å². The molecule has 132 valence electrons. The van der Waals surface area contributed by atoms with E-state index in [0.717, 1.165) is 11.3 Å². The van der Waals surface area contributed by atoms with Gasteiger partial charge in [0.1, 0.15) is 5.75 Å². The van der Waals surface area contributed by atoms with Gasteiger partial charge in [-0.3, -0.25) is 9.59 Å². The Balaban J connectivity index is 2.02. The van der Waals surface area contributed by atoms with Crippen molar-refractivity contribution in [2.75, 3.05) is 19.0 Å². The second-order valence-corrected chi connectivity index (χ2v) is 5.77. The second kappa shape index (κ2) is 9.08. The molecule has 0 saturated heterocycles. The first-order valence-electron chi connectivity index (χ1n) is 8.07. The third kappa shape index (κ3) is 5.22. The van der Waals surface area contributed by atoms with Crippen LogP contribution in [0.1, 0.15) is 29.3 Å². The molecule has 0 aliphatic carbocycles. The van der Waals surface area contributed by atoms with Gasteiger partial charge in [-0.2, -0.15) is 0 Å². The first-order valence-corrected chi connectivity index (χ1v) is 8.45. The van der Waals surface area contributed by atoms with Crippen molar-refractivity contribution in [1.29, 1.82) is 0 Å². The lowest BCUT2D eigenvalue weighted by molar-refractivity contribution is -0.116. The monoisotopic (exact) mass is 360 g/mol. The normalized spacial score (nSPS) is 10.2. The van der Waals surface area contributed by atoms with Crippen LogP contribution in [0.2, 0.25) is 5.02 Å².